The van der Waals surface area contributed by atoms with Crippen molar-refractivity contribution in [3.8, 4) is 0 Å². The lowest BCUT2D eigenvalue weighted by Crippen LogP contribution is -2.06. The van der Waals surface area contributed by atoms with Crippen LogP contribution in [0.2, 0.25) is 0 Å². The van der Waals surface area contributed by atoms with Crippen LogP contribution in [0.1, 0.15) is 0 Å². The van der Waals surface area contributed by atoms with E-state index in [0.29, 0.717) is 4.47 Å². The number of para-hydroxylation sites is 1. The van der Waals surface area contributed by atoms with Crippen molar-refractivity contribution < 1.29 is 13.7 Å². The molecular formula is C16H10BrF2N5O2. The third kappa shape index (κ3) is 3.75. The number of hydrogen-bond acceptors (Lipinski definition) is 6. The fourth-order valence-electron chi connectivity index (χ4n) is 2.14. The van der Waals surface area contributed by atoms with E-state index in [1.807, 2.05) is 0 Å². The van der Waals surface area contributed by atoms with E-state index in [-0.39, 0.29) is 23.0 Å². The molecule has 26 heavy (non-hydrogen) atoms. The molecule has 1 heterocycles. The third-order valence-electron chi connectivity index (χ3n) is 3.32. The summed E-state index contributed by atoms with van der Waals surface area (Å²) in [6.45, 7) is 0. The number of nitrogens with one attached hydrogen (secondary N) is 2. The van der Waals surface area contributed by atoms with Gasteiger partial charge in [-0.2, -0.15) is 0 Å². The Balaban J connectivity index is 2.01. The van der Waals surface area contributed by atoms with Gasteiger partial charge in [-0.3, -0.25) is 10.1 Å². The summed E-state index contributed by atoms with van der Waals surface area (Å²) in [5.41, 5.74) is -0.542. The lowest BCUT2D eigenvalue weighted by atomic mass is 10.3. The van der Waals surface area contributed by atoms with Crippen molar-refractivity contribution in [2.45, 2.75) is 0 Å². The molecule has 10 heteroatoms. The van der Waals surface area contributed by atoms with E-state index in [4.69, 9.17) is 0 Å². The standard InChI is InChI=1S/C16H10BrF2N5O2/c17-9-5-6-13(11(19)7-9)23-16-14(24(25)26)15(20-8-21-16)22-12-4-2-1-3-10(12)18/h1-8H,(H2,20,21,22,23). The number of rotatable bonds is 5. The van der Waals surface area contributed by atoms with Gasteiger partial charge in [0.15, 0.2) is 0 Å². The van der Waals surface area contributed by atoms with Crippen LogP contribution in [0.3, 0.4) is 0 Å². The number of halogens is 3. The van der Waals surface area contributed by atoms with Gasteiger partial charge in [0, 0.05) is 4.47 Å². The van der Waals surface area contributed by atoms with Gasteiger partial charge in [0.2, 0.25) is 11.6 Å². The van der Waals surface area contributed by atoms with Gasteiger partial charge < -0.3 is 10.6 Å². The molecule has 0 saturated heterocycles. The molecule has 0 aliphatic rings. The Hall–Kier alpha value is -3.14. The molecule has 1 aromatic heterocycles. The Morgan fingerprint density at radius 2 is 1.58 bits per heavy atom. The van der Waals surface area contributed by atoms with Gasteiger partial charge in [-0.25, -0.2) is 18.7 Å². The van der Waals surface area contributed by atoms with Crippen molar-refractivity contribution in [3.63, 3.8) is 0 Å². The normalized spacial score (nSPS) is 10.4. The molecule has 2 N–H and O–H groups in total. The van der Waals surface area contributed by atoms with Crippen LogP contribution in [0.25, 0.3) is 0 Å². The Bertz CT molecular complexity index is 987. The van der Waals surface area contributed by atoms with E-state index in [9.17, 15) is 18.9 Å². The Labute approximate surface area is 154 Å². The van der Waals surface area contributed by atoms with Gasteiger partial charge in [-0.1, -0.05) is 28.1 Å². The zero-order valence-electron chi connectivity index (χ0n) is 12.9. The van der Waals surface area contributed by atoms with Crippen LogP contribution in [0.5, 0.6) is 0 Å². The van der Waals surface area contributed by atoms with Crippen molar-refractivity contribution >= 4 is 44.6 Å². The van der Waals surface area contributed by atoms with Gasteiger partial charge in [-0.15, -0.1) is 0 Å². The second-order valence-electron chi connectivity index (χ2n) is 5.03. The topological polar surface area (TPSA) is 93.0 Å². The number of nitro groups is 1. The molecule has 0 atom stereocenters. The number of anilines is 4. The molecule has 0 aliphatic carbocycles. The van der Waals surface area contributed by atoms with E-state index >= 15 is 0 Å². The molecule has 2 aromatic carbocycles. The summed E-state index contributed by atoms with van der Waals surface area (Å²) >= 11 is 3.13. The zero-order valence-corrected chi connectivity index (χ0v) is 14.5. The molecule has 7 nitrogen and oxygen atoms in total. The first-order valence-electron chi connectivity index (χ1n) is 7.18. The quantitative estimate of drug-likeness (QED) is 0.448. The summed E-state index contributed by atoms with van der Waals surface area (Å²) in [7, 11) is 0. The molecule has 0 aliphatic heterocycles. The maximum absolute atomic E-state index is 14.0. The molecule has 0 fully saturated rings. The third-order valence-corrected chi connectivity index (χ3v) is 3.81. The second kappa shape index (κ2) is 7.40. The minimum Gasteiger partial charge on any atom is -0.332 e. The predicted molar refractivity (Wildman–Crippen MR) is 95.8 cm³/mol. The molecule has 132 valence electrons. The van der Waals surface area contributed by atoms with E-state index in [2.05, 4.69) is 36.5 Å². The fraction of sp³-hybridized carbons (Fsp3) is 0. The van der Waals surface area contributed by atoms with Crippen LogP contribution in [0.15, 0.2) is 53.3 Å². The second-order valence-corrected chi connectivity index (χ2v) is 5.95. The number of aromatic nitrogens is 2. The van der Waals surface area contributed by atoms with Crippen molar-refractivity contribution in [1.29, 1.82) is 0 Å². The Kier molecular flexibility index (Phi) is 5.03. The molecule has 0 radical (unpaired) electrons. The van der Waals surface area contributed by atoms with Crippen molar-refractivity contribution in [3.05, 3.63) is 75.0 Å². The number of hydrogen-bond donors (Lipinski definition) is 2. The first-order chi connectivity index (χ1) is 12.5. The summed E-state index contributed by atoms with van der Waals surface area (Å²) in [5, 5.41) is 16.6. The van der Waals surface area contributed by atoms with Crippen LogP contribution in [0, 0.1) is 21.7 Å². The molecule has 0 bridgehead atoms. The van der Waals surface area contributed by atoms with E-state index in [0.717, 1.165) is 6.33 Å². The highest BCUT2D eigenvalue weighted by atomic mass is 79.9. The van der Waals surface area contributed by atoms with E-state index < -0.39 is 22.2 Å². The Morgan fingerprint density at radius 1 is 0.962 bits per heavy atom. The van der Waals surface area contributed by atoms with Gasteiger partial charge in [0.25, 0.3) is 0 Å². The molecule has 0 saturated carbocycles. The summed E-state index contributed by atoms with van der Waals surface area (Å²) in [4.78, 5) is 18.4. The van der Waals surface area contributed by atoms with Crippen LogP contribution < -0.4 is 10.6 Å². The predicted octanol–water partition coefficient (Wildman–Crippen LogP) is 4.91. The van der Waals surface area contributed by atoms with Crippen molar-refractivity contribution in [2.24, 2.45) is 0 Å². The smallest absolute Gasteiger partial charge is 0.332 e. The van der Waals surface area contributed by atoms with E-state index in [1.165, 1.54) is 30.3 Å². The monoisotopic (exact) mass is 421 g/mol. The van der Waals surface area contributed by atoms with Crippen molar-refractivity contribution in [1.82, 2.24) is 9.97 Å². The number of benzene rings is 2. The average molecular weight is 422 g/mol. The molecule has 3 rings (SSSR count). The lowest BCUT2D eigenvalue weighted by molar-refractivity contribution is -0.383. The molecule has 0 amide bonds. The van der Waals surface area contributed by atoms with Gasteiger partial charge >= 0.3 is 5.69 Å². The number of nitrogens with zero attached hydrogens (tertiary/aromatic N) is 3. The van der Waals surface area contributed by atoms with Gasteiger partial charge in [0.1, 0.15) is 18.0 Å². The minimum atomic E-state index is -0.734. The van der Waals surface area contributed by atoms with Gasteiger partial charge in [-0.05, 0) is 30.3 Å². The van der Waals surface area contributed by atoms with E-state index in [1.54, 1.807) is 12.1 Å². The minimum absolute atomic E-state index is 0.00755. The van der Waals surface area contributed by atoms with Crippen LogP contribution >= 0.6 is 15.9 Å². The molecule has 0 spiro atoms. The highest BCUT2D eigenvalue weighted by molar-refractivity contribution is 9.10. The molecular weight excluding hydrogens is 412 g/mol. The first-order valence-corrected chi connectivity index (χ1v) is 7.98. The fourth-order valence-corrected chi connectivity index (χ4v) is 2.48. The summed E-state index contributed by atoms with van der Waals surface area (Å²) < 4.78 is 28.3. The first kappa shape index (κ1) is 17.7. The molecule has 0 unspecified atom stereocenters. The van der Waals surface area contributed by atoms with Gasteiger partial charge in [0.05, 0.1) is 16.3 Å². The van der Waals surface area contributed by atoms with Crippen LogP contribution in [-0.4, -0.2) is 14.9 Å². The summed E-state index contributed by atoms with van der Waals surface area (Å²) in [5.74, 6) is -1.69. The highest BCUT2D eigenvalue weighted by Crippen LogP contribution is 2.34. The zero-order chi connectivity index (χ0) is 18.7. The maximum Gasteiger partial charge on any atom is 0.353 e. The highest BCUT2D eigenvalue weighted by Gasteiger charge is 2.24. The largest absolute Gasteiger partial charge is 0.353 e. The SMILES string of the molecule is O=[N+]([O-])c1c(Nc2ccccc2F)ncnc1Nc1ccc(Br)cc1F. The molecule has 3 aromatic rings. The average Bonchev–Trinajstić information content (AvgIpc) is 2.59. The lowest BCUT2D eigenvalue weighted by Gasteiger charge is -2.11. The van der Waals surface area contributed by atoms with Crippen LogP contribution in [0.4, 0.5) is 37.5 Å². The maximum atomic E-state index is 14.0. The van der Waals surface area contributed by atoms with Crippen LogP contribution in [-0.2, 0) is 0 Å². The summed E-state index contributed by atoms with van der Waals surface area (Å²) in [6.07, 6.45) is 1.05. The summed E-state index contributed by atoms with van der Waals surface area (Å²) in [6, 6.07) is 9.82. The Morgan fingerprint density at radius 3 is 2.15 bits per heavy atom. The van der Waals surface area contributed by atoms with Crippen molar-refractivity contribution in [2.75, 3.05) is 10.6 Å².